The Morgan fingerprint density at radius 2 is 2.22 bits per heavy atom. The number of anilines is 1. The predicted octanol–water partition coefficient (Wildman–Crippen LogP) is 1.04. The maximum Gasteiger partial charge on any atom is 0.334 e. The summed E-state index contributed by atoms with van der Waals surface area (Å²) in [7, 11) is 0. The molecule has 2 aliphatic rings. The van der Waals surface area contributed by atoms with Gasteiger partial charge in [-0.15, -0.1) is 11.8 Å². The van der Waals surface area contributed by atoms with Gasteiger partial charge in [-0.3, -0.25) is 9.59 Å². The number of carboxylic acid groups (broad SMARTS) is 1. The molecule has 122 valence electrons. The number of nitrogens with one attached hydrogen (secondary N) is 1. The van der Waals surface area contributed by atoms with Crippen LogP contribution in [-0.4, -0.2) is 58.8 Å². The summed E-state index contributed by atoms with van der Waals surface area (Å²) in [6.07, 6.45) is -0.999. The highest BCUT2D eigenvalue weighted by molar-refractivity contribution is 8.00. The van der Waals surface area contributed by atoms with Crippen molar-refractivity contribution in [2.24, 2.45) is 0 Å². The van der Waals surface area contributed by atoms with Gasteiger partial charge >= 0.3 is 5.97 Å². The van der Waals surface area contributed by atoms with Crippen molar-refractivity contribution in [3.8, 4) is 0 Å². The fourth-order valence-electron chi connectivity index (χ4n) is 2.51. The number of aliphatic carboxylic acids is 1. The van der Waals surface area contributed by atoms with Crippen LogP contribution in [0.1, 0.15) is 17.3 Å². The topological polar surface area (TPSA) is 95.9 Å². The second-order valence-electron chi connectivity index (χ2n) is 5.41. The Morgan fingerprint density at radius 1 is 1.43 bits per heavy atom. The first-order chi connectivity index (χ1) is 11.0. The fraction of sp³-hybridized carbons (Fsp3) is 0.400. The van der Waals surface area contributed by atoms with E-state index in [2.05, 4.69) is 5.32 Å². The van der Waals surface area contributed by atoms with Crippen molar-refractivity contribution in [1.82, 2.24) is 4.90 Å². The molecule has 1 saturated heterocycles. The van der Waals surface area contributed by atoms with Crippen LogP contribution in [-0.2, 0) is 14.3 Å². The summed E-state index contributed by atoms with van der Waals surface area (Å²) in [6.45, 7) is 2.38. The number of benzene rings is 1. The lowest BCUT2D eigenvalue weighted by atomic mass is 10.1. The number of morpholine rings is 1. The molecule has 0 aromatic heterocycles. The van der Waals surface area contributed by atoms with E-state index in [1.807, 2.05) is 6.92 Å². The molecule has 23 heavy (non-hydrogen) atoms. The maximum absolute atomic E-state index is 12.6. The van der Waals surface area contributed by atoms with E-state index >= 15 is 0 Å². The summed E-state index contributed by atoms with van der Waals surface area (Å²) in [6, 6.07) is 5.14. The Bertz CT molecular complexity index is 678. The van der Waals surface area contributed by atoms with Gasteiger partial charge in [-0.2, -0.15) is 0 Å². The molecule has 7 nitrogen and oxygen atoms in total. The number of carbonyl (C=O) groups excluding carboxylic acids is 2. The Hall–Kier alpha value is -2.06. The van der Waals surface area contributed by atoms with Gasteiger partial charge in [-0.1, -0.05) is 0 Å². The van der Waals surface area contributed by atoms with Crippen LogP contribution < -0.4 is 5.32 Å². The number of ether oxygens (including phenoxy) is 1. The van der Waals surface area contributed by atoms with Crippen molar-refractivity contribution >= 4 is 35.2 Å². The summed E-state index contributed by atoms with van der Waals surface area (Å²) in [4.78, 5) is 37.7. The smallest absolute Gasteiger partial charge is 0.334 e. The zero-order chi connectivity index (χ0) is 16.6. The molecule has 2 amide bonds. The first-order valence-electron chi connectivity index (χ1n) is 7.21. The average molecular weight is 336 g/mol. The Kier molecular flexibility index (Phi) is 4.27. The minimum atomic E-state index is -1.08. The number of carboxylic acids is 1. The van der Waals surface area contributed by atoms with Crippen LogP contribution in [0.5, 0.6) is 0 Å². The Balaban J connectivity index is 1.79. The van der Waals surface area contributed by atoms with E-state index in [0.717, 1.165) is 4.90 Å². The van der Waals surface area contributed by atoms with Crippen LogP contribution in [0.3, 0.4) is 0 Å². The van der Waals surface area contributed by atoms with Gasteiger partial charge in [0.1, 0.15) is 0 Å². The van der Waals surface area contributed by atoms with Gasteiger partial charge in [-0.05, 0) is 25.1 Å². The van der Waals surface area contributed by atoms with Crippen molar-refractivity contribution in [2.45, 2.75) is 23.2 Å². The highest BCUT2D eigenvalue weighted by Gasteiger charge is 2.30. The minimum absolute atomic E-state index is 0.0173. The second kappa shape index (κ2) is 6.21. The van der Waals surface area contributed by atoms with Gasteiger partial charge in [0, 0.05) is 17.0 Å². The second-order valence-corrected chi connectivity index (χ2v) is 6.79. The van der Waals surface area contributed by atoms with Crippen molar-refractivity contribution in [2.75, 3.05) is 25.0 Å². The summed E-state index contributed by atoms with van der Waals surface area (Å²) < 4.78 is 5.12. The molecule has 1 fully saturated rings. The SMILES string of the molecule is C[C@@H]1Sc2ccc(C(=O)N3CCO[C@H](C(=O)O)C3)cc2NC1=O. The van der Waals surface area contributed by atoms with Crippen LogP contribution in [0.15, 0.2) is 23.1 Å². The number of fused-ring (bicyclic) bond motifs is 1. The molecule has 0 unspecified atom stereocenters. The number of hydrogen-bond acceptors (Lipinski definition) is 5. The quantitative estimate of drug-likeness (QED) is 0.838. The average Bonchev–Trinajstić information content (AvgIpc) is 2.55. The van der Waals surface area contributed by atoms with Crippen molar-refractivity contribution in [3.63, 3.8) is 0 Å². The van der Waals surface area contributed by atoms with E-state index < -0.39 is 12.1 Å². The third-order valence-electron chi connectivity index (χ3n) is 3.79. The number of nitrogens with zero attached hydrogens (tertiary/aromatic N) is 1. The molecule has 1 aromatic carbocycles. The summed E-state index contributed by atoms with van der Waals surface area (Å²) in [5, 5.41) is 11.6. The monoisotopic (exact) mass is 336 g/mol. The summed E-state index contributed by atoms with van der Waals surface area (Å²) >= 11 is 1.45. The minimum Gasteiger partial charge on any atom is -0.479 e. The molecule has 2 aliphatic heterocycles. The van der Waals surface area contributed by atoms with Crippen LogP contribution in [0, 0.1) is 0 Å². The molecular weight excluding hydrogens is 320 g/mol. The number of carbonyl (C=O) groups is 3. The van der Waals surface area contributed by atoms with Crippen molar-refractivity contribution in [3.05, 3.63) is 23.8 Å². The zero-order valence-corrected chi connectivity index (χ0v) is 13.3. The van der Waals surface area contributed by atoms with Gasteiger partial charge < -0.3 is 20.1 Å². The molecule has 0 saturated carbocycles. The lowest BCUT2D eigenvalue weighted by Gasteiger charge is -2.31. The molecule has 2 atom stereocenters. The highest BCUT2D eigenvalue weighted by Crippen LogP contribution is 2.36. The van der Waals surface area contributed by atoms with Crippen LogP contribution in [0.25, 0.3) is 0 Å². The van der Waals surface area contributed by atoms with Crippen LogP contribution in [0.4, 0.5) is 5.69 Å². The van der Waals surface area contributed by atoms with Crippen molar-refractivity contribution < 1.29 is 24.2 Å². The predicted molar refractivity (Wildman–Crippen MR) is 83.7 cm³/mol. The molecule has 3 rings (SSSR count). The third-order valence-corrected chi connectivity index (χ3v) is 4.96. The van der Waals surface area contributed by atoms with Gasteiger partial charge in [0.2, 0.25) is 5.91 Å². The van der Waals surface area contributed by atoms with Gasteiger partial charge in [0.25, 0.3) is 5.91 Å². The Labute approximate surface area is 137 Å². The van der Waals surface area contributed by atoms with Crippen LogP contribution in [0.2, 0.25) is 0 Å². The molecule has 0 radical (unpaired) electrons. The number of thioether (sulfide) groups is 1. The van der Waals surface area contributed by atoms with E-state index in [0.29, 0.717) is 17.8 Å². The fourth-order valence-corrected chi connectivity index (χ4v) is 3.44. The van der Waals surface area contributed by atoms with Gasteiger partial charge in [0.05, 0.1) is 24.1 Å². The Morgan fingerprint density at radius 3 is 2.96 bits per heavy atom. The van der Waals surface area contributed by atoms with Crippen molar-refractivity contribution in [1.29, 1.82) is 0 Å². The van der Waals surface area contributed by atoms with E-state index in [-0.39, 0.29) is 30.2 Å². The van der Waals surface area contributed by atoms with E-state index in [9.17, 15) is 14.4 Å². The molecule has 2 N–H and O–H groups in total. The maximum atomic E-state index is 12.6. The standard InChI is InChI=1S/C15H16N2O5S/c1-8-13(18)16-10-6-9(2-3-12(10)23-8)14(19)17-4-5-22-11(7-17)15(20)21/h2-3,6,8,11H,4-5,7H2,1H3,(H,16,18)(H,20,21)/t8-,11-/m0/s1. The summed E-state index contributed by atoms with van der Waals surface area (Å²) in [5.74, 6) is -1.43. The van der Waals surface area contributed by atoms with E-state index in [4.69, 9.17) is 9.84 Å². The molecule has 0 bridgehead atoms. The first-order valence-corrected chi connectivity index (χ1v) is 8.09. The molecule has 8 heteroatoms. The van der Waals surface area contributed by atoms with E-state index in [1.165, 1.54) is 16.7 Å². The van der Waals surface area contributed by atoms with Gasteiger partial charge in [-0.25, -0.2) is 4.79 Å². The molecule has 1 aromatic rings. The molecule has 2 heterocycles. The molecule has 0 aliphatic carbocycles. The first kappa shape index (κ1) is 15.8. The summed E-state index contributed by atoms with van der Waals surface area (Å²) in [5.41, 5.74) is 1.04. The third kappa shape index (κ3) is 3.18. The normalized spacial score (nSPS) is 23.9. The molecular formula is C15H16N2O5S. The lowest BCUT2D eigenvalue weighted by Crippen LogP contribution is -2.48. The van der Waals surface area contributed by atoms with E-state index in [1.54, 1.807) is 18.2 Å². The number of rotatable bonds is 2. The largest absolute Gasteiger partial charge is 0.479 e. The number of amides is 2. The number of hydrogen-bond donors (Lipinski definition) is 2. The van der Waals surface area contributed by atoms with Crippen LogP contribution >= 0.6 is 11.8 Å². The molecule has 0 spiro atoms. The highest BCUT2D eigenvalue weighted by atomic mass is 32.2. The zero-order valence-electron chi connectivity index (χ0n) is 12.4. The van der Waals surface area contributed by atoms with Gasteiger partial charge in [0.15, 0.2) is 6.10 Å². The lowest BCUT2D eigenvalue weighted by molar-refractivity contribution is -0.154.